The van der Waals surface area contributed by atoms with Gasteiger partial charge in [0.15, 0.2) is 0 Å². The summed E-state index contributed by atoms with van der Waals surface area (Å²) in [6, 6.07) is 10.5. The topological polar surface area (TPSA) is 91.8 Å². The van der Waals surface area contributed by atoms with E-state index < -0.39 is 5.97 Å². The average Bonchev–Trinajstić information content (AvgIpc) is 3.25. The molecule has 2 aromatic rings. The zero-order valence-electron chi connectivity index (χ0n) is 25.0. The van der Waals surface area contributed by atoms with E-state index in [9.17, 15) is 14.7 Å². The molecule has 1 fully saturated rings. The molecule has 1 amide bonds. The number of nitrogens with one attached hydrogen (secondary N) is 1. The Labute approximate surface area is 250 Å². The number of aromatic carboxylic acids is 1. The van der Waals surface area contributed by atoms with E-state index in [1.165, 1.54) is 5.57 Å². The second kappa shape index (κ2) is 17.6. The van der Waals surface area contributed by atoms with Crippen LogP contribution in [0, 0.1) is 11.8 Å². The monoisotopic (exact) mass is 571 g/mol. The molecule has 0 aliphatic carbocycles. The highest BCUT2D eigenvalue weighted by molar-refractivity contribution is 5.90. The van der Waals surface area contributed by atoms with Crippen molar-refractivity contribution in [2.75, 3.05) is 29.9 Å². The number of ether oxygens (including phenoxy) is 1. The molecule has 1 aromatic heterocycles. The molecule has 0 bridgehead atoms. The third-order valence-electron chi connectivity index (χ3n) is 7.58. The number of hydrogen-bond acceptors (Lipinski definition) is 5. The van der Waals surface area contributed by atoms with Gasteiger partial charge < -0.3 is 20.1 Å². The van der Waals surface area contributed by atoms with Crippen LogP contribution in [0.5, 0.6) is 5.75 Å². The number of aromatic nitrogens is 1. The van der Waals surface area contributed by atoms with Crippen molar-refractivity contribution in [1.29, 1.82) is 0 Å². The second-order valence-electron chi connectivity index (χ2n) is 10.7. The van der Waals surface area contributed by atoms with Crippen LogP contribution >= 0.6 is 0 Å². The van der Waals surface area contributed by atoms with Crippen LogP contribution in [-0.2, 0) is 4.79 Å². The molecule has 1 aromatic carbocycles. The lowest BCUT2D eigenvalue weighted by Crippen LogP contribution is -2.25. The molecule has 7 heteroatoms. The van der Waals surface area contributed by atoms with Crippen molar-refractivity contribution in [1.82, 2.24) is 4.98 Å². The fourth-order valence-electron chi connectivity index (χ4n) is 4.94. The molecule has 2 unspecified atom stereocenters. The van der Waals surface area contributed by atoms with Crippen molar-refractivity contribution in [2.24, 2.45) is 11.8 Å². The first-order valence-corrected chi connectivity index (χ1v) is 15.0. The molecule has 42 heavy (non-hydrogen) atoms. The summed E-state index contributed by atoms with van der Waals surface area (Å²) in [5, 5.41) is 12.2. The van der Waals surface area contributed by atoms with Gasteiger partial charge in [0.1, 0.15) is 11.6 Å². The maximum atomic E-state index is 12.6. The number of allylic oxidation sites excluding steroid dienone is 7. The minimum absolute atomic E-state index is 0.00149. The molecule has 7 nitrogen and oxygen atoms in total. The molecule has 2 atom stereocenters. The molecule has 1 aliphatic rings. The molecule has 1 saturated heterocycles. The Morgan fingerprint density at radius 3 is 2.76 bits per heavy atom. The van der Waals surface area contributed by atoms with Crippen LogP contribution in [0.25, 0.3) is 0 Å². The number of carboxylic acids is 1. The van der Waals surface area contributed by atoms with Gasteiger partial charge in [0.2, 0.25) is 5.91 Å². The standard InChI is InChI=1S/C35H45N3O4/c1-4-7-11-27(5-2)12-8-13-28(6-3)17-20-34(39)37-31-18-19-33(36-25-31)38-22-10-14-29(21-23-38)26-42-32-16-9-15-30(24-32)35(40)41/h4,7-9,11-13,15-16,18-19,24-25,28-29H,1,5-6,10,14,17,20-23,26H2,2-3H3,(H,37,39)(H,40,41)/b11-7-,13-8-,27-12+. The third-order valence-corrected chi connectivity index (χ3v) is 7.58. The molecule has 2 heterocycles. The van der Waals surface area contributed by atoms with Gasteiger partial charge in [0.05, 0.1) is 24.1 Å². The number of carbonyl (C=O) groups is 2. The normalized spacial score (nSPS) is 16.8. The van der Waals surface area contributed by atoms with Gasteiger partial charge in [-0.15, -0.1) is 0 Å². The van der Waals surface area contributed by atoms with Gasteiger partial charge in [-0.1, -0.05) is 62.9 Å². The summed E-state index contributed by atoms with van der Waals surface area (Å²) >= 11 is 0. The van der Waals surface area contributed by atoms with Crippen molar-refractivity contribution in [3.63, 3.8) is 0 Å². The van der Waals surface area contributed by atoms with Crippen molar-refractivity contribution < 1.29 is 19.4 Å². The Morgan fingerprint density at radius 1 is 1.19 bits per heavy atom. The fraction of sp³-hybridized carbons (Fsp3) is 0.400. The Bertz CT molecular complexity index is 1250. The van der Waals surface area contributed by atoms with E-state index in [0.717, 1.165) is 57.4 Å². The molecule has 0 saturated carbocycles. The molecular weight excluding hydrogens is 526 g/mol. The van der Waals surface area contributed by atoms with Crippen LogP contribution in [0.2, 0.25) is 0 Å². The first-order valence-electron chi connectivity index (χ1n) is 15.0. The summed E-state index contributed by atoms with van der Waals surface area (Å²) in [5.41, 5.74) is 2.18. The predicted octanol–water partition coefficient (Wildman–Crippen LogP) is 7.85. The summed E-state index contributed by atoms with van der Waals surface area (Å²) in [6.07, 6.45) is 20.2. The van der Waals surface area contributed by atoms with E-state index in [1.807, 2.05) is 18.2 Å². The molecule has 2 N–H and O–H groups in total. The largest absolute Gasteiger partial charge is 0.493 e. The lowest BCUT2D eigenvalue weighted by atomic mass is 9.99. The van der Waals surface area contributed by atoms with E-state index in [2.05, 4.69) is 59.9 Å². The van der Waals surface area contributed by atoms with E-state index in [1.54, 1.807) is 36.5 Å². The van der Waals surface area contributed by atoms with Crippen LogP contribution in [0.15, 0.2) is 91.2 Å². The van der Waals surface area contributed by atoms with Gasteiger partial charge in [-0.3, -0.25) is 4.79 Å². The number of carbonyl (C=O) groups excluding carboxylic acids is 1. The number of amides is 1. The van der Waals surface area contributed by atoms with E-state index >= 15 is 0 Å². The lowest BCUT2D eigenvalue weighted by molar-refractivity contribution is -0.116. The zero-order valence-corrected chi connectivity index (χ0v) is 25.0. The molecule has 0 radical (unpaired) electrons. The number of benzene rings is 1. The molecule has 3 rings (SSSR count). The quantitative estimate of drug-likeness (QED) is 0.212. The van der Waals surface area contributed by atoms with E-state index in [0.29, 0.717) is 36.3 Å². The van der Waals surface area contributed by atoms with Crippen LogP contribution in [-0.4, -0.2) is 41.7 Å². The number of hydrogen-bond donors (Lipinski definition) is 2. The highest BCUT2D eigenvalue weighted by Crippen LogP contribution is 2.24. The van der Waals surface area contributed by atoms with Crippen LogP contribution < -0.4 is 15.0 Å². The van der Waals surface area contributed by atoms with Crippen LogP contribution in [0.1, 0.15) is 69.2 Å². The van der Waals surface area contributed by atoms with E-state index in [4.69, 9.17) is 4.74 Å². The van der Waals surface area contributed by atoms with Gasteiger partial charge in [-0.05, 0) is 86.3 Å². The predicted molar refractivity (Wildman–Crippen MR) is 171 cm³/mol. The second-order valence-corrected chi connectivity index (χ2v) is 10.7. The summed E-state index contributed by atoms with van der Waals surface area (Å²) in [4.78, 5) is 30.7. The summed E-state index contributed by atoms with van der Waals surface area (Å²) in [5.74, 6) is 1.28. The Morgan fingerprint density at radius 2 is 2.05 bits per heavy atom. The Hall–Kier alpha value is -4.13. The highest BCUT2D eigenvalue weighted by Gasteiger charge is 2.19. The minimum Gasteiger partial charge on any atom is -0.493 e. The zero-order chi connectivity index (χ0) is 30.2. The maximum Gasteiger partial charge on any atom is 0.335 e. The van der Waals surface area contributed by atoms with Gasteiger partial charge in [0, 0.05) is 19.5 Å². The van der Waals surface area contributed by atoms with Crippen molar-refractivity contribution >= 4 is 23.4 Å². The van der Waals surface area contributed by atoms with Crippen molar-refractivity contribution in [2.45, 2.75) is 58.8 Å². The van der Waals surface area contributed by atoms with E-state index in [-0.39, 0.29) is 11.5 Å². The summed E-state index contributed by atoms with van der Waals surface area (Å²) in [6.45, 7) is 10.3. The van der Waals surface area contributed by atoms with Gasteiger partial charge in [-0.2, -0.15) is 0 Å². The maximum absolute atomic E-state index is 12.6. The third kappa shape index (κ3) is 11.0. The molecule has 1 aliphatic heterocycles. The lowest BCUT2D eigenvalue weighted by Gasteiger charge is -2.22. The van der Waals surface area contributed by atoms with Crippen molar-refractivity contribution in [3.05, 3.63) is 96.8 Å². The van der Waals surface area contributed by atoms with Gasteiger partial charge >= 0.3 is 5.97 Å². The SMILES string of the molecule is C=C\C=C/C(=C/C=C\C(CC)CCC(=O)Nc1ccc(N2CCCC(COc3cccc(C(=O)O)c3)CC2)nc1)CC. The number of rotatable bonds is 15. The molecular formula is C35H45N3O4. The Balaban J connectivity index is 1.43. The average molecular weight is 572 g/mol. The van der Waals surface area contributed by atoms with Crippen LogP contribution in [0.4, 0.5) is 11.5 Å². The van der Waals surface area contributed by atoms with Crippen molar-refractivity contribution in [3.8, 4) is 5.75 Å². The smallest absolute Gasteiger partial charge is 0.335 e. The molecule has 224 valence electrons. The number of pyridine rings is 1. The molecule has 0 spiro atoms. The first-order chi connectivity index (χ1) is 20.4. The summed E-state index contributed by atoms with van der Waals surface area (Å²) < 4.78 is 5.92. The van der Waals surface area contributed by atoms with Gasteiger partial charge in [-0.25, -0.2) is 9.78 Å². The fourth-order valence-corrected chi connectivity index (χ4v) is 4.94. The number of anilines is 2. The minimum atomic E-state index is -0.954. The number of carboxylic acid groups (broad SMARTS) is 1. The van der Waals surface area contributed by atoms with Gasteiger partial charge in [0.25, 0.3) is 0 Å². The Kier molecular flexibility index (Phi) is 13.6. The van der Waals surface area contributed by atoms with Crippen LogP contribution in [0.3, 0.4) is 0 Å². The summed E-state index contributed by atoms with van der Waals surface area (Å²) in [7, 11) is 0. The highest BCUT2D eigenvalue weighted by atomic mass is 16.5. The first kappa shape index (κ1) is 32.4. The number of nitrogens with zero attached hydrogens (tertiary/aromatic N) is 2.